The molecule has 0 fully saturated rings. The Morgan fingerprint density at radius 2 is 1.76 bits per heavy atom. The van der Waals surface area contributed by atoms with Crippen LogP contribution in [0.4, 0.5) is 0 Å². The van der Waals surface area contributed by atoms with E-state index in [4.69, 9.17) is 27.9 Å². The fraction of sp³-hybridized carbons (Fsp3) is 0.462. The molecule has 0 saturated heterocycles. The normalized spacial score (nSPS) is 11.7. The molecule has 2 amide bonds. The highest BCUT2D eigenvalue weighted by atomic mass is 35.5. The number of benzene rings is 2. The van der Waals surface area contributed by atoms with Gasteiger partial charge in [0.25, 0.3) is 0 Å². The molecule has 0 bridgehead atoms. The molecule has 1 N–H and O–H groups in total. The van der Waals surface area contributed by atoms with Gasteiger partial charge in [0.15, 0.2) is 0 Å². The van der Waals surface area contributed by atoms with Crippen molar-refractivity contribution in [3.8, 4) is 5.75 Å². The van der Waals surface area contributed by atoms with Gasteiger partial charge in [0.1, 0.15) is 11.8 Å². The van der Waals surface area contributed by atoms with Gasteiger partial charge >= 0.3 is 0 Å². The summed E-state index contributed by atoms with van der Waals surface area (Å²) in [5, 5.41) is 3.84. The highest BCUT2D eigenvalue weighted by Crippen LogP contribution is 2.24. The fourth-order valence-electron chi connectivity index (χ4n) is 3.45. The third kappa shape index (κ3) is 8.90. The van der Waals surface area contributed by atoms with E-state index in [0.717, 1.165) is 24.2 Å². The fourth-order valence-corrected chi connectivity index (χ4v) is 3.77. The Morgan fingerprint density at radius 3 is 2.39 bits per heavy atom. The predicted octanol–water partition coefficient (Wildman–Crippen LogP) is 6.18. The van der Waals surface area contributed by atoms with Crippen molar-refractivity contribution in [2.45, 2.75) is 65.5 Å². The van der Waals surface area contributed by atoms with Crippen LogP contribution in [0.3, 0.4) is 0 Å². The van der Waals surface area contributed by atoms with Crippen molar-refractivity contribution in [1.29, 1.82) is 0 Å². The summed E-state index contributed by atoms with van der Waals surface area (Å²) in [5.41, 5.74) is 1.99. The number of ether oxygens (including phenoxy) is 1. The lowest BCUT2D eigenvalue weighted by atomic mass is 10.1. The number of nitrogens with zero attached hydrogens (tertiary/aromatic N) is 1. The van der Waals surface area contributed by atoms with E-state index in [0.29, 0.717) is 36.0 Å². The molecule has 0 unspecified atom stereocenters. The maximum atomic E-state index is 13.2. The Balaban J connectivity index is 2.06. The van der Waals surface area contributed by atoms with E-state index in [1.165, 1.54) is 5.56 Å². The van der Waals surface area contributed by atoms with Gasteiger partial charge in [-0.25, -0.2) is 0 Å². The standard InChI is InChI=1S/C26H34Cl2N2O3/c1-4-6-15-29-26(32)24(5-2)30(18-20-11-14-22(27)23(28)17-20)25(31)8-7-16-33-21-12-9-19(3)10-13-21/h9-14,17,24H,4-8,15-16,18H2,1-3H3,(H,29,32)/t24-/m0/s1. The largest absolute Gasteiger partial charge is 0.494 e. The minimum Gasteiger partial charge on any atom is -0.494 e. The van der Waals surface area contributed by atoms with Gasteiger partial charge in [0, 0.05) is 19.5 Å². The quantitative estimate of drug-likeness (QED) is 0.339. The van der Waals surface area contributed by atoms with E-state index >= 15 is 0 Å². The van der Waals surface area contributed by atoms with Gasteiger partial charge in [-0.15, -0.1) is 0 Å². The first-order valence-corrected chi connectivity index (χ1v) is 12.3. The number of amides is 2. The van der Waals surface area contributed by atoms with Crippen molar-refractivity contribution in [1.82, 2.24) is 10.2 Å². The molecule has 2 rings (SSSR count). The molecular weight excluding hydrogens is 459 g/mol. The summed E-state index contributed by atoms with van der Waals surface area (Å²) in [7, 11) is 0. The van der Waals surface area contributed by atoms with Crippen LogP contribution in [-0.2, 0) is 16.1 Å². The summed E-state index contributed by atoms with van der Waals surface area (Å²) in [5.74, 6) is 0.559. The molecule has 0 saturated carbocycles. The molecule has 0 heterocycles. The first kappa shape index (κ1) is 27.0. The van der Waals surface area contributed by atoms with Crippen LogP contribution in [0.25, 0.3) is 0 Å². The third-order valence-corrected chi connectivity index (χ3v) is 6.12. The van der Waals surface area contributed by atoms with Gasteiger partial charge in [0.2, 0.25) is 11.8 Å². The highest BCUT2D eigenvalue weighted by molar-refractivity contribution is 6.42. The summed E-state index contributed by atoms with van der Waals surface area (Å²) < 4.78 is 5.76. The van der Waals surface area contributed by atoms with Gasteiger partial charge in [-0.1, -0.05) is 67.2 Å². The van der Waals surface area contributed by atoms with Gasteiger partial charge in [-0.2, -0.15) is 0 Å². The van der Waals surface area contributed by atoms with Crippen LogP contribution < -0.4 is 10.1 Å². The molecule has 0 radical (unpaired) electrons. The predicted molar refractivity (Wildman–Crippen MR) is 135 cm³/mol. The Kier molecular flexibility index (Phi) is 11.6. The maximum absolute atomic E-state index is 13.2. The van der Waals surface area contributed by atoms with Crippen LogP contribution in [0, 0.1) is 6.92 Å². The first-order valence-electron chi connectivity index (χ1n) is 11.6. The molecule has 0 aliphatic carbocycles. The second-order valence-corrected chi connectivity index (χ2v) is 8.92. The number of aryl methyl sites for hydroxylation is 1. The maximum Gasteiger partial charge on any atom is 0.242 e. The highest BCUT2D eigenvalue weighted by Gasteiger charge is 2.28. The number of rotatable bonds is 13. The Labute approximate surface area is 207 Å². The molecule has 1 atom stereocenters. The number of hydrogen-bond acceptors (Lipinski definition) is 3. The summed E-state index contributed by atoms with van der Waals surface area (Å²) in [6.07, 6.45) is 3.25. The number of halogens is 2. The lowest BCUT2D eigenvalue weighted by Crippen LogP contribution is -2.49. The number of unbranched alkanes of at least 4 members (excludes halogenated alkanes) is 1. The van der Waals surface area contributed by atoms with Crippen molar-refractivity contribution >= 4 is 35.0 Å². The van der Waals surface area contributed by atoms with Gasteiger partial charge in [-0.05, 0) is 56.0 Å². The number of nitrogens with one attached hydrogen (secondary N) is 1. The van der Waals surface area contributed by atoms with Gasteiger partial charge in [0.05, 0.1) is 16.7 Å². The van der Waals surface area contributed by atoms with E-state index in [1.54, 1.807) is 17.0 Å². The molecular formula is C26H34Cl2N2O3. The monoisotopic (exact) mass is 492 g/mol. The van der Waals surface area contributed by atoms with Crippen LogP contribution in [0.1, 0.15) is 57.1 Å². The minimum absolute atomic E-state index is 0.0916. The van der Waals surface area contributed by atoms with Crippen LogP contribution in [0.5, 0.6) is 5.75 Å². The van der Waals surface area contributed by atoms with Gasteiger partial charge < -0.3 is 15.0 Å². The first-order chi connectivity index (χ1) is 15.8. The SMILES string of the molecule is CCCCNC(=O)[C@H](CC)N(Cc1ccc(Cl)c(Cl)c1)C(=O)CCCOc1ccc(C)cc1. The smallest absolute Gasteiger partial charge is 0.242 e. The topological polar surface area (TPSA) is 58.6 Å². The Morgan fingerprint density at radius 1 is 1.03 bits per heavy atom. The third-order valence-electron chi connectivity index (χ3n) is 5.38. The number of hydrogen-bond donors (Lipinski definition) is 1. The van der Waals surface area contributed by atoms with Crippen molar-refractivity contribution in [3.05, 3.63) is 63.6 Å². The molecule has 0 aliphatic heterocycles. The van der Waals surface area contributed by atoms with Crippen LogP contribution >= 0.6 is 23.2 Å². The van der Waals surface area contributed by atoms with Crippen molar-refractivity contribution in [2.24, 2.45) is 0 Å². The van der Waals surface area contributed by atoms with Crippen molar-refractivity contribution in [3.63, 3.8) is 0 Å². The molecule has 180 valence electrons. The van der Waals surface area contributed by atoms with E-state index in [1.807, 2.05) is 44.2 Å². The lowest BCUT2D eigenvalue weighted by molar-refractivity contribution is -0.141. The molecule has 0 spiro atoms. The summed E-state index contributed by atoms with van der Waals surface area (Å²) in [6, 6.07) is 12.5. The average Bonchev–Trinajstić information content (AvgIpc) is 2.80. The molecule has 7 heteroatoms. The molecule has 0 aliphatic rings. The van der Waals surface area contributed by atoms with Crippen LogP contribution in [0.2, 0.25) is 10.0 Å². The summed E-state index contributed by atoms with van der Waals surface area (Å²) in [4.78, 5) is 27.7. The van der Waals surface area contributed by atoms with Crippen molar-refractivity contribution in [2.75, 3.05) is 13.2 Å². The zero-order valence-electron chi connectivity index (χ0n) is 19.7. The molecule has 2 aromatic carbocycles. The van der Waals surface area contributed by atoms with E-state index in [2.05, 4.69) is 12.2 Å². The second-order valence-electron chi connectivity index (χ2n) is 8.10. The Hall–Kier alpha value is -2.24. The zero-order chi connectivity index (χ0) is 24.2. The van der Waals surface area contributed by atoms with E-state index in [9.17, 15) is 9.59 Å². The van der Waals surface area contributed by atoms with Crippen molar-refractivity contribution < 1.29 is 14.3 Å². The van der Waals surface area contributed by atoms with Crippen LogP contribution in [0.15, 0.2) is 42.5 Å². The molecule has 33 heavy (non-hydrogen) atoms. The average molecular weight is 493 g/mol. The zero-order valence-corrected chi connectivity index (χ0v) is 21.2. The van der Waals surface area contributed by atoms with E-state index < -0.39 is 6.04 Å². The lowest BCUT2D eigenvalue weighted by Gasteiger charge is -2.31. The summed E-state index contributed by atoms with van der Waals surface area (Å²) >= 11 is 12.2. The molecule has 5 nitrogen and oxygen atoms in total. The molecule has 0 aromatic heterocycles. The molecule has 2 aromatic rings. The van der Waals surface area contributed by atoms with Gasteiger partial charge in [-0.3, -0.25) is 9.59 Å². The van der Waals surface area contributed by atoms with Crippen LogP contribution in [-0.4, -0.2) is 35.9 Å². The number of carbonyl (C=O) groups is 2. The van der Waals surface area contributed by atoms with E-state index in [-0.39, 0.29) is 24.8 Å². The number of carbonyl (C=O) groups excluding carboxylic acids is 2. The Bertz CT molecular complexity index is 903. The minimum atomic E-state index is -0.554. The summed E-state index contributed by atoms with van der Waals surface area (Å²) in [6.45, 7) is 7.32. The second kappa shape index (κ2) is 14.1.